The molecule has 0 aromatic heterocycles. The van der Waals surface area contributed by atoms with E-state index in [1.165, 1.54) is 38.5 Å². The second kappa shape index (κ2) is 9.65. The number of unbranched alkanes of at least 4 members (excludes halogenated alkanes) is 6. The van der Waals surface area contributed by atoms with E-state index in [0.29, 0.717) is 5.75 Å². The molecular formula is C17H28O3. The molecule has 0 aliphatic heterocycles. The molecule has 0 spiro atoms. The Morgan fingerprint density at radius 2 is 1.70 bits per heavy atom. The van der Waals surface area contributed by atoms with Crippen molar-refractivity contribution in [2.45, 2.75) is 71.5 Å². The monoisotopic (exact) mass is 280 g/mol. The summed E-state index contributed by atoms with van der Waals surface area (Å²) in [5, 5.41) is 19.2. The van der Waals surface area contributed by atoms with Crippen LogP contribution >= 0.6 is 0 Å². The van der Waals surface area contributed by atoms with Crippen LogP contribution in [0.25, 0.3) is 0 Å². The zero-order valence-electron chi connectivity index (χ0n) is 12.8. The second-order valence-electron chi connectivity index (χ2n) is 5.34. The molecule has 0 saturated heterocycles. The molecule has 0 saturated carbocycles. The molecule has 1 atom stereocenters. The number of rotatable bonds is 10. The molecule has 0 bridgehead atoms. The van der Waals surface area contributed by atoms with Gasteiger partial charge in [-0.15, -0.1) is 0 Å². The summed E-state index contributed by atoms with van der Waals surface area (Å²) < 4.78 is 5.33. The standard InChI is InChI=1S/C17H28O3/c1-3-4-5-6-7-8-9-11-15-16(19)12-10-13-17(15)20-14(2)18/h10,12-14,18-19H,3-9,11H2,1-2H3. The van der Waals surface area contributed by atoms with Crippen LogP contribution in [0.5, 0.6) is 11.5 Å². The topological polar surface area (TPSA) is 49.7 Å². The predicted molar refractivity (Wildman–Crippen MR) is 82.1 cm³/mol. The molecule has 0 aliphatic carbocycles. The number of phenolic OH excluding ortho intramolecular Hbond substituents is 1. The third-order valence-electron chi connectivity index (χ3n) is 3.44. The van der Waals surface area contributed by atoms with Gasteiger partial charge in [0.2, 0.25) is 0 Å². The number of hydrogen-bond donors (Lipinski definition) is 2. The van der Waals surface area contributed by atoms with E-state index < -0.39 is 6.29 Å². The van der Waals surface area contributed by atoms with Gasteiger partial charge in [0.05, 0.1) is 0 Å². The number of benzene rings is 1. The van der Waals surface area contributed by atoms with Crippen molar-refractivity contribution in [2.24, 2.45) is 0 Å². The van der Waals surface area contributed by atoms with Gasteiger partial charge in [-0.1, -0.05) is 51.5 Å². The van der Waals surface area contributed by atoms with Gasteiger partial charge in [0.15, 0.2) is 6.29 Å². The van der Waals surface area contributed by atoms with Crippen LogP contribution in [0.1, 0.15) is 64.4 Å². The third kappa shape index (κ3) is 6.29. The summed E-state index contributed by atoms with van der Waals surface area (Å²) in [6.07, 6.45) is 8.62. The fourth-order valence-corrected chi connectivity index (χ4v) is 2.36. The quantitative estimate of drug-likeness (QED) is 0.493. The number of phenols is 1. The normalized spacial score (nSPS) is 12.3. The lowest BCUT2D eigenvalue weighted by Crippen LogP contribution is -2.11. The molecule has 114 valence electrons. The van der Waals surface area contributed by atoms with Gasteiger partial charge in [0, 0.05) is 5.56 Å². The highest BCUT2D eigenvalue weighted by molar-refractivity contribution is 5.44. The summed E-state index contributed by atoms with van der Waals surface area (Å²) in [7, 11) is 0. The Labute approximate surface area is 122 Å². The van der Waals surface area contributed by atoms with E-state index in [0.717, 1.165) is 18.4 Å². The van der Waals surface area contributed by atoms with E-state index in [1.807, 2.05) is 0 Å². The Kier molecular flexibility index (Phi) is 8.12. The molecule has 2 N–H and O–H groups in total. The van der Waals surface area contributed by atoms with Crippen LogP contribution < -0.4 is 4.74 Å². The van der Waals surface area contributed by atoms with E-state index in [1.54, 1.807) is 25.1 Å². The van der Waals surface area contributed by atoms with Gasteiger partial charge >= 0.3 is 0 Å². The predicted octanol–water partition coefficient (Wildman–Crippen LogP) is 4.40. The minimum atomic E-state index is -0.857. The zero-order chi connectivity index (χ0) is 14.8. The summed E-state index contributed by atoms with van der Waals surface area (Å²) in [6, 6.07) is 5.20. The van der Waals surface area contributed by atoms with Gasteiger partial charge in [-0.25, -0.2) is 0 Å². The fourth-order valence-electron chi connectivity index (χ4n) is 2.36. The first-order valence-corrected chi connectivity index (χ1v) is 7.80. The molecule has 0 aliphatic rings. The maximum atomic E-state index is 9.92. The lowest BCUT2D eigenvalue weighted by Gasteiger charge is -2.14. The van der Waals surface area contributed by atoms with Crippen LogP contribution in [0.3, 0.4) is 0 Å². The molecule has 1 rings (SSSR count). The number of aliphatic hydroxyl groups is 1. The van der Waals surface area contributed by atoms with Crippen molar-refractivity contribution in [3.05, 3.63) is 23.8 Å². The molecule has 1 unspecified atom stereocenters. The first-order valence-electron chi connectivity index (χ1n) is 7.80. The highest BCUT2D eigenvalue weighted by atomic mass is 16.6. The smallest absolute Gasteiger partial charge is 0.194 e. The van der Waals surface area contributed by atoms with Gasteiger partial charge < -0.3 is 14.9 Å². The van der Waals surface area contributed by atoms with Crippen molar-refractivity contribution < 1.29 is 14.9 Å². The molecule has 0 fully saturated rings. The van der Waals surface area contributed by atoms with E-state index in [2.05, 4.69) is 6.92 Å². The first kappa shape index (κ1) is 16.8. The van der Waals surface area contributed by atoms with Crippen molar-refractivity contribution in [2.75, 3.05) is 0 Å². The highest BCUT2D eigenvalue weighted by Gasteiger charge is 2.10. The molecule has 3 heteroatoms. The number of hydrogen-bond acceptors (Lipinski definition) is 3. The second-order valence-corrected chi connectivity index (χ2v) is 5.34. The molecule has 0 radical (unpaired) electrons. The van der Waals surface area contributed by atoms with Crippen LogP contribution in [0.15, 0.2) is 18.2 Å². The number of ether oxygens (including phenoxy) is 1. The van der Waals surface area contributed by atoms with E-state index >= 15 is 0 Å². The van der Waals surface area contributed by atoms with Gasteiger partial charge in [0.25, 0.3) is 0 Å². The molecular weight excluding hydrogens is 252 g/mol. The van der Waals surface area contributed by atoms with Crippen LogP contribution in [-0.4, -0.2) is 16.5 Å². The summed E-state index contributed by atoms with van der Waals surface area (Å²) >= 11 is 0. The summed E-state index contributed by atoms with van der Waals surface area (Å²) in [4.78, 5) is 0. The summed E-state index contributed by atoms with van der Waals surface area (Å²) in [5.74, 6) is 0.847. The SMILES string of the molecule is CCCCCCCCCc1c(O)cccc1OC(C)O. The Morgan fingerprint density at radius 3 is 2.35 bits per heavy atom. The van der Waals surface area contributed by atoms with Gasteiger partial charge in [-0.05, 0) is 31.9 Å². The molecule has 0 heterocycles. The zero-order valence-corrected chi connectivity index (χ0v) is 12.8. The molecule has 20 heavy (non-hydrogen) atoms. The molecule has 1 aromatic rings. The van der Waals surface area contributed by atoms with Crippen molar-refractivity contribution in [3.63, 3.8) is 0 Å². The Morgan fingerprint density at radius 1 is 1.05 bits per heavy atom. The van der Waals surface area contributed by atoms with Gasteiger partial charge in [-0.2, -0.15) is 0 Å². The van der Waals surface area contributed by atoms with Crippen molar-refractivity contribution in [3.8, 4) is 11.5 Å². The molecule has 0 amide bonds. The minimum Gasteiger partial charge on any atom is -0.508 e. The van der Waals surface area contributed by atoms with Gasteiger partial charge in [0.1, 0.15) is 11.5 Å². The fraction of sp³-hybridized carbons (Fsp3) is 0.647. The average molecular weight is 280 g/mol. The van der Waals surface area contributed by atoms with Crippen LogP contribution in [0.2, 0.25) is 0 Å². The Bertz CT molecular complexity index is 374. The Hall–Kier alpha value is -1.22. The largest absolute Gasteiger partial charge is 0.508 e. The average Bonchev–Trinajstić information content (AvgIpc) is 2.40. The van der Waals surface area contributed by atoms with Crippen molar-refractivity contribution >= 4 is 0 Å². The van der Waals surface area contributed by atoms with Crippen LogP contribution in [0, 0.1) is 0 Å². The third-order valence-corrected chi connectivity index (χ3v) is 3.44. The number of aliphatic hydroxyl groups excluding tert-OH is 1. The minimum absolute atomic E-state index is 0.258. The van der Waals surface area contributed by atoms with Crippen molar-refractivity contribution in [1.29, 1.82) is 0 Å². The summed E-state index contributed by atoms with van der Waals surface area (Å²) in [6.45, 7) is 3.80. The maximum absolute atomic E-state index is 9.92. The number of aromatic hydroxyl groups is 1. The van der Waals surface area contributed by atoms with E-state index in [-0.39, 0.29) is 5.75 Å². The maximum Gasteiger partial charge on any atom is 0.194 e. The molecule has 3 nitrogen and oxygen atoms in total. The summed E-state index contributed by atoms with van der Waals surface area (Å²) in [5.41, 5.74) is 0.807. The van der Waals surface area contributed by atoms with Crippen LogP contribution in [-0.2, 0) is 6.42 Å². The van der Waals surface area contributed by atoms with Gasteiger partial charge in [-0.3, -0.25) is 0 Å². The molecule has 1 aromatic carbocycles. The Balaban J connectivity index is 2.38. The lowest BCUT2D eigenvalue weighted by molar-refractivity contribution is -0.00115. The van der Waals surface area contributed by atoms with Crippen LogP contribution in [0.4, 0.5) is 0 Å². The highest BCUT2D eigenvalue weighted by Crippen LogP contribution is 2.30. The van der Waals surface area contributed by atoms with E-state index in [9.17, 15) is 10.2 Å². The van der Waals surface area contributed by atoms with Crippen molar-refractivity contribution in [1.82, 2.24) is 0 Å². The van der Waals surface area contributed by atoms with E-state index in [4.69, 9.17) is 4.74 Å². The first-order chi connectivity index (χ1) is 9.65. The lowest BCUT2D eigenvalue weighted by atomic mass is 10.0.